The van der Waals surface area contributed by atoms with Crippen LogP contribution in [0.5, 0.6) is 5.75 Å². The van der Waals surface area contributed by atoms with Crippen molar-refractivity contribution in [1.82, 2.24) is 10.5 Å². The third-order valence-electron chi connectivity index (χ3n) is 2.57. The summed E-state index contributed by atoms with van der Waals surface area (Å²) < 4.78 is 9.78. The van der Waals surface area contributed by atoms with Crippen LogP contribution >= 0.6 is 0 Å². The first-order valence-corrected chi connectivity index (χ1v) is 5.53. The Kier molecular flexibility index (Phi) is 3.62. The molecule has 1 N–H and O–H groups in total. The van der Waals surface area contributed by atoms with E-state index in [0.29, 0.717) is 12.2 Å². The van der Waals surface area contributed by atoms with Crippen molar-refractivity contribution in [2.75, 3.05) is 7.11 Å². The standard InChI is InChI=1S/C13H14N2O3/c1-9-8-18-15-12(9)13(16)14-7-10-3-5-11(17-2)6-4-10/h3-6,8H,7H2,1-2H3,(H,14,16). The Morgan fingerprint density at radius 2 is 2.11 bits per heavy atom. The van der Waals surface area contributed by atoms with E-state index in [2.05, 4.69) is 10.5 Å². The predicted octanol–water partition coefficient (Wildman–Crippen LogP) is 1.92. The molecule has 1 heterocycles. The number of nitrogens with one attached hydrogen (secondary N) is 1. The van der Waals surface area contributed by atoms with Gasteiger partial charge in [0.15, 0.2) is 5.69 Å². The fourth-order valence-electron chi connectivity index (χ4n) is 1.52. The number of aromatic nitrogens is 1. The van der Waals surface area contributed by atoms with Gasteiger partial charge in [-0.25, -0.2) is 0 Å². The smallest absolute Gasteiger partial charge is 0.274 e. The van der Waals surface area contributed by atoms with Crippen LogP contribution in [0.25, 0.3) is 0 Å². The minimum absolute atomic E-state index is 0.239. The number of hydrogen-bond acceptors (Lipinski definition) is 4. The van der Waals surface area contributed by atoms with Crippen LogP contribution in [0.2, 0.25) is 0 Å². The van der Waals surface area contributed by atoms with Gasteiger partial charge in [-0.15, -0.1) is 0 Å². The molecule has 94 valence electrons. The van der Waals surface area contributed by atoms with E-state index in [0.717, 1.165) is 16.9 Å². The SMILES string of the molecule is COc1ccc(CNC(=O)c2nocc2C)cc1. The van der Waals surface area contributed by atoms with Crippen LogP contribution in [0.1, 0.15) is 21.6 Å². The summed E-state index contributed by atoms with van der Waals surface area (Å²) in [5.74, 6) is 0.550. The summed E-state index contributed by atoms with van der Waals surface area (Å²) in [7, 11) is 1.62. The quantitative estimate of drug-likeness (QED) is 0.895. The zero-order chi connectivity index (χ0) is 13.0. The molecule has 0 saturated carbocycles. The first-order valence-electron chi connectivity index (χ1n) is 5.53. The summed E-state index contributed by atoms with van der Waals surface area (Å²) in [5.41, 5.74) is 2.04. The molecule has 2 aromatic rings. The van der Waals surface area contributed by atoms with Gasteiger partial charge in [-0.3, -0.25) is 4.79 Å². The molecule has 0 radical (unpaired) electrons. The first kappa shape index (κ1) is 12.2. The van der Waals surface area contributed by atoms with E-state index in [-0.39, 0.29) is 5.91 Å². The molecule has 0 saturated heterocycles. The van der Waals surface area contributed by atoms with Crippen molar-refractivity contribution in [2.24, 2.45) is 0 Å². The maximum atomic E-state index is 11.8. The van der Waals surface area contributed by atoms with Gasteiger partial charge in [0, 0.05) is 12.1 Å². The van der Waals surface area contributed by atoms with Gasteiger partial charge in [0.05, 0.1) is 7.11 Å². The van der Waals surface area contributed by atoms with Crippen molar-refractivity contribution in [3.63, 3.8) is 0 Å². The number of methoxy groups -OCH3 is 1. The normalized spacial score (nSPS) is 10.1. The Morgan fingerprint density at radius 3 is 2.67 bits per heavy atom. The monoisotopic (exact) mass is 246 g/mol. The third kappa shape index (κ3) is 2.68. The minimum atomic E-state index is -0.239. The summed E-state index contributed by atoms with van der Waals surface area (Å²) in [6.45, 7) is 2.22. The second-order valence-electron chi connectivity index (χ2n) is 3.88. The lowest BCUT2D eigenvalue weighted by Gasteiger charge is -2.05. The van der Waals surface area contributed by atoms with E-state index < -0.39 is 0 Å². The highest BCUT2D eigenvalue weighted by molar-refractivity contribution is 5.93. The fourth-order valence-corrected chi connectivity index (χ4v) is 1.52. The van der Waals surface area contributed by atoms with Crippen LogP contribution in [-0.2, 0) is 6.54 Å². The van der Waals surface area contributed by atoms with E-state index in [1.165, 1.54) is 6.26 Å². The number of carbonyl (C=O) groups excluding carboxylic acids is 1. The lowest BCUT2D eigenvalue weighted by Crippen LogP contribution is -2.23. The van der Waals surface area contributed by atoms with Gasteiger partial charge in [-0.05, 0) is 24.6 Å². The van der Waals surface area contributed by atoms with Crippen LogP contribution in [0.15, 0.2) is 35.1 Å². The average molecular weight is 246 g/mol. The molecule has 0 atom stereocenters. The van der Waals surface area contributed by atoms with Crippen molar-refractivity contribution in [1.29, 1.82) is 0 Å². The van der Waals surface area contributed by atoms with Crippen molar-refractivity contribution in [2.45, 2.75) is 13.5 Å². The molecule has 1 aromatic carbocycles. The van der Waals surface area contributed by atoms with Crippen molar-refractivity contribution in [3.05, 3.63) is 47.3 Å². The highest BCUT2D eigenvalue weighted by Crippen LogP contribution is 2.11. The molecule has 1 aromatic heterocycles. The molecular formula is C13H14N2O3. The number of hydrogen-bond donors (Lipinski definition) is 1. The number of rotatable bonds is 4. The molecule has 0 aliphatic carbocycles. The van der Waals surface area contributed by atoms with Gasteiger partial charge >= 0.3 is 0 Å². The molecule has 0 bridgehead atoms. The Morgan fingerprint density at radius 1 is 1.39 bits per heavy atom. The van der Waals surface area contributed by atoms with Gasteiger partial charge in [0.2, 0.25) is 0 Å². The molecule has 1 amide bonds. The van der Waals surface area contributed by atoms with Crippen LogP contribution in [0.3, 0.4) is 0 Å². The zero-order valence-corrected chi connectivity index (χ0v) is 10.3. The summed E-state index contributed by atoms with van der Waals surface area (Å²) in [6, 6.07) is 7.50. The molecular weight excluding hydrogens is 232 g/mol. The van der Waals surface area contributed by atoms with Gasteiger partial charge < -0.3 is 14.6 Å². The number of benzene rings is 1. The minimum Gasteiger partial charge on any atom is -0.497 e. The van der Waals surface area contributed by atoms with E-state index in [1.54, 1.807) is 14.0 Å². The van der Waals surface area contributed by atoms with Gasteiger partial charge in [0.1, 0.15) is 12.0 Å². The van der Waals surface area contributed by atoms with E-state index >= 15 is 0 Å². The molecule has 0 aliphatic rings. The zero-order valence-electron chi connectivity index (χ0n) is 10.3. The fraction of sp³-hybridized carbons (Fsp3) is 0.231. The Hall–Kier alpha value is -2.30. The molecule has 2 rings (SSSR count). The second kappa shape index (κ2) is 5.35. The maximum Gasteiger partial charge on any atom is 0.274 e. The van der Waals surface area contributed by atoms with Crippen LogP contribution < -0.4 is 10.1 Å². The lowest BCUT2D eigenvalue weighted by atomic mass is 10.2. The highest BCUT2D eigenvalue weighted by Gasteiger charge is 2.12. The second-order valence-corrected chi connectivity index (χ2v) is 3.88. The molecule has 5 nitrogen and oxygen atoms in total. The number of ether oxygens (including phenoxy) is 1. The number of aryl methyl sites for hydroxylation is 1. The highest BCUT2D eigenvalue weighted by atomic mass is 16.5. The molecule has 0 fully saturated rings. The molecule has 0 unspecified atom stereocenters. The van der Waals surface area contributed by atoms with E-state index in [1.807, 2.05) is 24.3 Å². The summed E-state index contributed by atoms with van der Waals surface area (Å²) in [5, 5.41) is 6.43. The molecule has 0 spiro atoms. The predicted molar refractivity (Wildman–Crippen MR) is 65.4 cm³/mol. The molecule has 5 heteroatoms. The maximum absolute atomic E-state index is 11.8. The van der Waals surface area contributed by atoms with Crippen molar-refractivity contribution >= 4 is 5.91 Å². The average Bonchev–Trinajstić information content (AvgIpc) is 2.83. The third-order valence-corrected chi connectivity index (χ3v) is 2.57. The van der Waals surface area contributed by atoms with E-state index in [9.17, 15) is 4.79 Å². The van der Waals surface area contributed by atoms with Gasteiger partial charge in [0.25, 0.3) is 5.91 Å². The van der Waals surface area contributed by atoms with E-state index in [4.69, 9.17) is 9.26 Å². The summed E-state index contributed by atoms with van der Waals surface area (Å²) >= 11 is 0. The Bertz CT molecular complexity index is 531. The summed E-state index contributed by atoms with van der Waals surface area (Å²) in [4.78, 5) is 11.8. The molecule has 18 heavy (non-hydrogen) atoms. The number of carbonyl (C=O) groups is 1. The number of nitrogens with zero attached hydrogens (tertiary/aromatic N) is 1. The van der Waals surface area contributed by atoms with Gasteiger partial charge in [-0.2, -0.15) is 0 Å². The molecule has 0 aliphatic heterocycles. The lowest BCUT2D eigenvalue weighted by molar-refractivity contribution is 0.0941. The Labute approximate surface area is 105 Å². The topological polar surface area (TPSA) is 64.4 Å². The van der Waals surface area contributed by atoms with Crippen molar-refractivity contribution < 1.29 is 14.1 Å². The number of amides is 1. The van der Waals surface area contributed by atoms with Gasteiger partial charge in [-0.1, -0.05) is 17.3 Å². The van der Waals surface area contributed by atoms with Crippen LogP contribution in [0.4, 0.5) is 0 Å². The van der Waals surface area contributed by atoms with Crippen LogP contribution in [-0.4, -0.2) is 18.2 Å². The Balaban J connectivity index is 1.95. The first-order chi connectivity index (χ1) is 8.70. The van der Waals surface area contributed by atoms with Crippen molar-refractivity contribution in [3.8, 4) is 5.75 Å². The van der Waals surface area contributed by atoms with Crippen LogP contribution in [0, 0.1) is 6.92 Å². The summed E-state index contributed by atoms with van der Waals surface area (Å²) in [6.07, 6.45) is 1.45. The largest absolute Gasteiger partial charge is 0.497 e.